The van der Waals surface area contributed by atoms with E-state index in [4.69, 9.17) is 16.3 Å². The molecule has 0 aliphatic rings. The zero-order chi connectivity index (χ0) is 25.5. The third kappa shape index (κ3) is 7.06. The SMILES string of the molecule is COc1ccc(-c2nc(N/N=C\c3ccc(OC(F)(F)F)cc3)nc(Nc3ccc(Cl)cc3)n2)cc1. The Morgan fingerprint density at radius 1 is 0.833 bits per heavy atom. The van der Waals surface area contributed by atoms with Gasteiger partial charge in [0.1, 0.15) is 11.5 Å². The van der Waals surface area contributed by atoms with Gasteiger partial charge in [-0.15, -0.1) is 13.2 Å². The minimum Gasteiger partial charge on any atom is -0.497 e. The first kappa shape index (κ1) is 24.7. The second-order valence-electron chi connectivity index (χ2n) is 7.15. The van der Waals surface area contributed by atoms with Crippen LogP contribution in [0.4, 0.5) is 30.8 Å². The van der Waals surface area contributed by atoms with Gasteiger partial charge >= 0.3 is 6.36 Å². The summed E-state index contributed by atoms with van der Waals surface area (Å²) in [6, 6.07) is 19.4. The van der Waals surface area contributed by atoms with Gasteiger partial charge in [-0.2, -0.15) is 20.1 Å². The Bertz CT molecular complexity index is 1330. The van der Waals surface area contributed by atoms with Crippen LogP contribution in [-0.4, -0.2) is 34.6 Å². The summed E-state index contributed by atoms with van der Waals surface area (Å²) in [5.41, 5.74) is 4.68. The average Bonchev–Trinajstić information content (AvgIpc) is 2.85. The smallest absolute Gasteiger partial charge is 0.497 e. The van der Waals surface area contributed by atoms with Crippen LogP contribution in [0.25, 0.3) is 11.4 Å². The van der Waals surface area contributed by atoms with Crippen molar-refractivity contribution >= 4 is 35.4 Å². The van der Waals surface area contributed by atoms with Crippen molar-refractivity contribution in [2.24, 2.45) is 5.10 Å². The number of nitrogens with one attached hydrogen (secondary N) is 2. The molecule has 12 heteroatoms. The van der Waals surface area contributed by atoms with Gasteiger partial charge in [0, 0.05) is 16.3 Å². The van der Waals surface area contributed by atoms with Gasteiger partial charge in [-0.3, -0.25) is 0 Å². The number of alkyl halides is 3. The zero-order valence-electron chi connectivity index (χ0n) is 18.6. The molecule has 0 aliphatic heterocycles. The van der Waals surface area contributed by atoms with Gasteiger partial charge < -0.3 is 14.8 Å². The van der Waals surface area contributed by atoms with Crippen LogP contribution in [0, 0.1) is 0 Å². The highest BCUT2D eigenvalue weighted by molar-refractivity contribution is 6.30. The number of hydrogen-bond donors (Lipinski definition) is 2. The van der Waals surface area contributed by atoms with Gasteiger partial charge in [-0.1, -0.05) is 11.6 Å². The molecule has 8 nitrogen and oxygen atoms in total. The van der Waals surface area contributed by atoms with E-state index in [9.17, 15) is 13.2 Å². The molecule has 1 heterocycles. The number of anilines is 3. The van der Waals surface area contributed by atoms with Gasteiger partial charge in [-0.25, -0.2) is 5.43 Å². The van der Waals surface area contributed by atoms with E-state index < -0.39 is 6.36 Å². The maximum atomic E-state index is 12.3. The largest absolute Gasteiger partial charge is 0.573 e. The van der Waals surface area contributed by atoms with Crippen molar-refractivity contribution < 1.29 is 22.6 Å². The molecule has 4 aromatic rings. The van der Waals surface area contributed by atoms with Crippen molar-refractivity contribution in [1.82, 2.24) is 15.0 Å². The first-order valence-corrected chi connectivity index (χ1v) is 10.7. The third-order valence-electron chi connectivity index (χ3n) is 4.58. The minimum atomic E-state index is -4.75. The van der Waals surface area contributed by atoms with Crippen molar-refractivity contribution in [3.63, 3.8) is 0 Å². The Kier molecular flexibility index (Phi) is 7.50. The molecule has 0 spiro atoms. The molecule has 2 N–H and O–H groups in total. The topological polar surface area (TPSA) is 93.5 Å². The molecule has 3 aromatic carbocycles. The lowest BCUT2D eigenvalue weighted by molar-refractivity contribution is -0.274. The molecule has 0 saturated carbocycles. The standard InChI is InChI=1S/C24H18ClF3N6O2/c1-35-19-12-4-16(5-13-19)21-31-22(30-18-8-6-17(25)7-9-18)33-23(32-21)34-29-14-15-2-10-20(11-3-15)36-24(26,27)28/h2-14H,1H3,(H2,30,31,32,33,34)/b29-14-. The third-order valence-corrected chi connectivity index (χ3v) is 4.83. The molecular weight excluding hydrogens is 497 g/mol. The molecule has 36 heavy (non-hydrogen) atoms. The lowest BCUT2D eigenvalue weighted by Gasteiger charge is -2.09. The number of benzene rings is 3. The molecule has 0 unspecified atom stereocenters. The average molecular weight is 515 g/mol. The molecule has 0 saturated heterocycles. The number of hydrazone groups is 1. The maximum absolute atomic E-state index is 12.3. The van der Waals surface area contributed by atoms with Crippen LogP contribution in [0.3, 0.4) is 0 Å². The van der Waals surface area contributed by atoms with Crippen LogP contribution in [0.15, 0.2) is 77.9 Å². The highest BCUT2D eigenvalue weighted by atomic mass is 35.5. The zero-order valence-corrected chi connectivity index (χ0v) is 19.4. The predicted molar refractivity (Wildman–Crippen MR) is 131 cm³/mol. The fraction of sp³-hybridized carbons (Fsp3) is 0.0833. The molecule has 4 rings (SSSR count). The second kappa shape index (κ2) is 10.9. The fourth-order valence-corrected chi connectivity index (χ4v) is 3.06. The summed E-state index contributed by atoms with van der Waals surface area (Å²) >= 11 is 5.95. The fourth-order valence-electron chi connectivity index (χ4n) is 2.93. The summed E-state index contributed by atoms with van der Waals surface area (Å²) in [4.78, 5) is 13.2. The van der Waals surface area contributed by atoms with Gasteiger partial charge in [0.15, 0.2) is 5.82 Å². The molecule has 184 valence electrons. The van der Waals surface area contributed by atoms with Crippen molar-refractivity contribution in [1.29, 1.82) is 0 Å². The summed E-state index contributed by atoms with van der Waals surface area (Å²) in [7, 11) is 1.57. The van der Waals surface area contributed by atoms with Crippen LogP contribution < -0.4 is 20.2 Å². The molecule has 0 aliphatic carbocycles. The number of ether oxygens (including phenoxy) is 2. The summed E-state index contributed by atoms with van der Waals surface area (Å²) in [6.07, 6.45) is -3.35. The molecule has 0 atom stereocenters. The van der Waals surface area contributed by atoms with E-state index >= 15 is 0 Å². The monoisotopic (exact) mass is 514 g/mol. The van der Waals surface area contributed by atoms with Crippen LogP contribution in [-0.2, 0) is 0 Å². The predicted octanol–water partition coefficient (Wildman–Crippen LogP) is 6.29. The number of methoxy groups -OCH3 is 1. The molecule has 0 radical (unpaired) electrons. The number of aromatic nitrogens is 3. The number of halogens is 4. The van der Waals surface area contributed by atoms with Crippen molar-refractivity contribution in [3.8, 4) is 22.9 Å². The second-order valence-corrected chi connectivity index (χ2v) is 7.59. The van der Waals surface area contributed by atoms with E-state index in [1.165, 1.54) is 30.5 Å². The van der Waals surface area contributed by atoms with E-state index in [1.807, 2.05) is 0 Å². The molecular formula is C24H18ClF3N6O2. The van der Waals surface area contributed by atoms with Gasteiger partial charge in [-0.05, 0) is 78.4 Å². The highest BCUT2D eigenvalue weighted by Gasteiger charge is 2.30. The van der Waals surface area contributed by atoms with Crippen molar-refractivity contribution in [3.05, 3.63) is 83.4 Å². The Balaban J connectivity index is 1.55. The normalized spacial score (nSPS) is 11.4. The Morgan fingerprint density at radius 3 is 2.11 bits per heavy atom. The molecule has 0 bridgehead atoms. The van der Waals surface area contributed by atoms with E-state index in [2.05, 4.69) is 35.5 Å². The van der Waals surface area contributed by atoms with Crippen molar-refractivity contribution in [2.45, 2.75) is 6.36 Å². The summed E-state index contributed by atoms with van der Waals surface area (Å²) in [5.74, 6) is 1.12. The Labute approximate surface area is 208 Å². The molecule has 0 amide bonds. The summed E-state index contributed by atoms with van der Waals surface area (Å²) in [6.45, 7) is 0. The van der Waals surface area contributed by atoms with Gasteiger partial charge in [0.2, 0.25) is 11.9 Å². The molecule has 0 fully saturated rings. The van der Waals surface area contributed by atoms with E-state index in [0.29, 0.717) is 33.4 Å². The number of nitrogens with zero attached hydrogens (tertiary/aromatic N) is 4. The lowest BCUT2D eigenvalue weighted by Crippen LogP contribution is -2.17. The van der Waals surface area contributed by atoms with Crippen LogP contribution >= 0.6 is 11.6 Å². The number of hydrogen-bond acceptors (Lipinski definition) is 8. The highest BCUT2D eigenvalue weighted by Crippen LogP contribution is 2.24. The van der Waals surface area contributed by atoms with Crippen LogP contribution in [0.5, 0.6) is 11.5 Å². The number of rotatable bonds is 8. The maximum Gasteiger partial charge on any atom is 0.573 e. The van der Waals surface area contributed by atoms with Gasteiger partial charge in [0.05, 0.1) is 13.3 Å². The van der Waals surface area contributed by atoms with E-state index in [1.54, 1.807) is 55.6 Å². The quantitative estimate of drug-likeness (QED) is 0.211. The lowest BCUT2D eigenvalue weighted by atomic mass is 10.2. The van der Waals surface area contributed by atoms with Gasteiger partial charge in [0.25, 0.3) is 0 Å². The Hall–Kier alpha value is -4.38. The van der Waals surface area contributed by atoms with Crippen LogP contribution in [0.1, 0.15) is 5.56 Å². The van der Waals surface area contributed by atoms with E-state index in [-0.39, 0.29) is 17.6 Å². The minimum absolute atomic E-state index is 0.139. The summed E-state index contributed by atoms with van der Waals surface area (Å²) < 4.78 is 46.0. The molecule has 1 aromatic heterocycles. The first-order chi connectivity index (χ1) is 17.3. The first-order valence-electron chi connectivity index (χ1n) is 10.4. The summed E-state index contributed by atoms with van der Waals surface area (Å²) in [5, 5.41) is 7.76. The van der Waals surface area contributed by atoms with E-state index in [0.717, 1.165) is 0 Å². The van der Waals surface area contributed by atoms with Crippen molar-refractivity contribution in [2.75, 3.05) is 17.9 Å². The Morgan fingerprint density at radius 2 is 1.47 bits per heavy atom. The van der Waals surface area contributed by atoms with Crippen LogP contribution in [0.2, 0.25) is 5.02 Å².